The fourth-order valence-corrected chi connectivity index (χ4v) is 4.86. The monoisotopic (exact) mass is 337 g/mol. The number of hydrogen-bond acceptors (Lipinski definition) is 5. The summed E-state index contributed by atoms with van der Waals surface area (Å²) in [6.07, 6.45) is 6.73. The van der Waals surface area contributed by atoms with Gasteiger partial charge in [0, 0.05) is 19.1 Å². The van der Waals surface area contributed by atoms with E-state index < -0.39 is 9.84 Å². The van der Waals surface area contributed by atoms with Crippen LogP contribution in [0.4, 0.5) is 5.69 Å². The first-order chi connectivity index (χ1) is 11.0. The lowest BCUT2D eigenvalue weighted by Gasteiger charge is -2.20. The Labute approximate surface area is 137 Å². The van der Waals surface area contributed by atoms with Gasteiger partial charge in [-0.25, -0.2) is 13.4 Å². The minimum atomic E-state index is -2.90. The van der Waals surface area contributed by atoms with Crippen molar-refractivity contribution in [3.8, 4) is 0 Å². The third-order valence-corrected chi connectivity index (χ3v) is 6.25. The first-order valence-corrected chi connectivity index (χ1v) is 10.1. The summed E-state index contributed by atoms with van der Waals surface area (Å²) in [4.78, 5) is 18.6. The summed E-state index contributed by atoms with van der Waals surface area (Å²) in [6, 6.07) is 3.47. The van der Waals surface area contributed by atoms with E-state index in [9.17, 15) is 13.2 Å². The molecule has 0 spiro atoms. The second kappa shape index (κ2) is 6.86. The lowest BCUT2D eigenvalue weighted by Crippen LogP contribution is -2.32. The normalized spacial score (nSPS) is 24.2. The highest BCUT2D eigenvalue weighted by atomic mass is 32.2. The molecule has 3 heterocycles. The number of aromatic nitrogens is 1. The molecule has 1 aromatic heterocycles. The Morgan fingerprint density at radius 2 is 1.91 bits per heavy atom. The fraction of sp³-hybridized carbons (Fsp3) is 0.625. The standard InChI is InChI=1S/C16H23N3O3S/c20-16(19-8-3-1-2-4-9-19)15-6-5-13(11-17-15)18-14-7-10-23(21,22)12-14/h5-6,11,14,18H,1-4,7-10,12H2. The van der Waals surface area contributed by atoms with Crippen molar-refractivity contribution >= 4 is 21.4 Å². The van der Waals surface area contributed by atoms with E-state index >= 15 is 0 Å². The minimum absolute atomic E-state index is 0.0121. The maximum Gasteiger partial charge on any atom is 0.272 e. The SMILES string of the molecule is O=C(c1ccc(NC2CCS(=O)(=O)C2)cn1)N1CCCCCC1. The molecule has 0 saturated carbocycles. The number of amides is 1. The maximum absolute atomic E-state index is 12.5. The summed E-state index contributed by atoms with van der Waals surface area (Å²) in [5.41, 5.74) is 1.22. The fourth-order valence-electron chi connectivity index (χ4n) is 3.19. The molecule has 7 heteroatoms. The van der Waals surface area contributed by atoms with Gasteiger partial charge in [0.25, 0.3) is 5.91 Å². The van der Waals surface area contributed by atoms with Crippen LogP contribution in [0.25, 0.3) is 0 Å². The second-order valence-electron chi connectivity index (χ2n) is 6.38. The lowest BCUT2D eigenvalue weighted by molar-refractivity contribution is 0.0756. The molecule has 1 aromatic rings. The van der Waals surface area contributed by atoms with E-state index in [-0.39, 0.29) is 23.5 Å². The highest BCUT2D eigenvalue weighted by Crippen LogP contribution is 2.18. The number of anilines is 1. The molecule has 6 nitrogen and oxygen atoms in total. The van der Waals surface area contributed by atoms with Crippen molar-refractivity contribution in [2.45, 2.75) is 38.1 Å². The summed E-state index contributed by atoms with van der Waals surface area (Å²) in [5.74, 6) is 0.396. The molecule has 0 bridgehead atoms. The van der Waals surface area contributed by atoms with E-state index in [1.807, 2.05) is 11.0 Å². The van der Waals surface area contributed by atoms with E-state index in [2.05, 4.69) is 10.3 Å². The largest absolute Gasteiger partial charge is 0.380 e. The molecule has 2 aliphatic rings. The molecule has 1 N–H and O–H groups in total. The van der Waals surface area contributed by atoms with E-state index in [1.54, 1.807) is 12.3 Å². The van der Waals surface area contributed by atoms with Crippen LogP contribution in [0.2, 0.25) is 0 Å². The molecule has 2 aliphatic heterocycles. The van der Waals surface area contributed by atoms with Gasteiger partial charge in [-0.15, -0.1) is 0 Å². The predicted octanol–water partition coefficient (Wildman–Crippen LogP) is 1.70. The molecular weight excluding hydrogens is 314 g/mol. The maximum atomic E-state index is 12.5. The summed E-state index contributed by atoms with van der Waals surface area (Å²) < 4.78 is 22.9. The molecule has 2 fully saturated rings. The quantitative estimate of drug-likeness (QED) is 0.908. The molecule has 126 valence electrons. The van der Waals surface area contributed by atoms with E-state index in [1.165, 1.54) is 12.8 Å². The lowest BCUT2D eigenvalue weighted by atomic mass is 10.2. The zero-order chi connectivity index (χ0) is 16.3. The van der Waals surface area contributed by atoms with E-state index in [0.29, 0.717) is 12.1 Å². The van der Waals surface area contributed by atoms with Crippen molar-refractivity contribution < 1.29 is 13.2 Å². The number of nitrogens with zero attached hydrogens (tertiary/aromatic N) is 2. The van der Waals surface area contributed by atoms with Gasteiger partial charge in [-0.3, -0.25) is 4.79 Å². The van der Waals surface area contributed by atoms with E-state index in [0.717, 1.165) is 31.6 Å². The Kier molecular flexibility index (Phi) is 4.84. The van der Waals surface area contributed by atoms with Crippen molar-refractivity contribution in [3.05, 3.63) is 24.0 Å². The Hall–Kier alpha value is -1.63. The van der Waals surface area contributed by atoms with Gasteiger partial charge in [-0.05, 0) is 31.4 Å². The van der Waals surface area contributed by atoms with Crippen LogP contribution in [0, 0.1) is 0 Å². The zero-order valence-corrected chi connectivity index (χ0v) is 14.0. The van der Waals surface area contributed by atoms with Crippen LogP contribution in [0.3, 0.4) is 0 Å². The first-order valence-electron chi connectivity index (χ1n) is 8.26. The molecule has 1 atom stereocenters. The second-order valence-corrected chi connectivity index (χ2v) is 8.61. The summed E-state index contributed by atoms with van der Waals surface area (Å²) in [7, 11) is -2.90. The smallest absolute Gasteiger partial charge is 0.272 e. The molecule has 23 heavy (non-hydrogen) atoms. The highest BCUT2D eigenvalue weighted by molar-refractivity contribution is 7.91. The Bertz CT molecular complexity index is 650. The third-order valence-electron chi connectivity index (χ3n) is 4.48. The molecule has 3 rings (SSSR count). The van der Waals surface area contributed by atoms with Crippen molar-refractivity contribution in [3.63, 3.8) is 0 Å². The number of nitrogens with one attached hydrogen (secondary N) is 1. The third kappa shape index (κ3) is 4.22. The average Bonchev–Trinajstić information content (AvgIpc) is 2.75. The Morgan fingerprint density at radius 1 is 1.17 bits per heavy atom. The minimum Gasteiger partial charge on any atom is -0.380 e. The number of carbonyl (C=O) groups excluding carboxylic acids is 1. The van der Waals surface area contributed by atoms with Gasteiger partial charge in [-0.2, -0.15) is 0 Å². The number of sulfone groups is 1. The van der Waals surface area contributed by atoms with Crippen molar-refractivity contribution in [1.29, 1.82) is 0 Å². The van der Waals surface area contributed by atoms with Gasteiger partial charge < -0.3 is 10.2 Å². The van der Waals surface area contributed by atoms with Crippen LogP contribution in [0.5, 0.6) is 0 Å². The van der Waals surface area contributed by atoms with Gasteiger partial charge in [0.05, 0.1) is 23.4 Å². The van der Waals surface area contributed by atoms with Crippen LogP contribution in [0.1, 0.15) is 42.6 Å². The van der Waals surface area contributed by atoms with E-state index in [4.69, 9.17) is 0 Å². The number of likely N-dealkylation sites (tertiary alicyclic amines) is 1. The topological polar surface area (TPSA) is 79.4 Å². The highest BCUT2D eigenvalue weighted by Gasteiger charge is 2.27. The summed E-state index contributed by atoms with van der Waals surface area (Å²) >= 11 is 0. The predicted molar refractivity (Wildman–Crippen MR) is 89.3 cm³/mol. The molecule has 0 aromatic carbocycles. The first kappa shape index (κ1) is 16.2. The van der Waals surface area contributed by atoms with Crippen LogP contribution in [-0.4, -0.2) is 54.8 Å². The van der Waals surface area contributed by atoms with Crippen molar-refractivity contribution in [2.75, 3.05) is 29.9 Å². The molecule has 1 amide bonds. The number of pyridine rings is 1. The Balaban J connectivity index is 1.61. The molecule has 0 radical (unpaired) electrons. The molecule has 2 saturated heterocycles. The Morgan fingerprint density at radius 3 is 2.48 bits per heavy atom. The van der Waals surface area contributed by atoms with Crippen LogP contribution >= 0.6 is 0 Å². The number of hydrogen-bond donors (Lipinski definition) is 1. The van der Waals surface area contributed by atoms with Gasteiger partial charge in [0.2, 0.25) is 0 Å². The van der Waals surface area contributed by atoms with Crippen molar-refractivity contribution in [2.24, 2.45) is 0 Å². The van der Waals surface area contributed by atoms with Gasteiger partial charge >= 0.3 is 0 Å². The average molecular weight is 337 g/mol. The number of carbonyl (C=O) groups is 1. The zero-order valence-electron chi connectivity index (χ0n) is 13.2. The van der Waals surface area contributed by atoms with Crippen LogP contribution in [-0.2, 0) is 9.84 Å². The van der Waals surface area contributed by atoms with Gasteiger partial charge in [0.1, 0.15) is 5.69 Å². The van der Waals surface area contributed by atoms with Crippen LogP contribution < -0.4 is 5.32 Å². The molecule has 0 aliphatic carbocycles. The van der Waals surface area contributed by atoms with Gasteiger partial charge in [-0.1, -0.05) is 12.8 Å². The number of rotatable bonds is 3. The summed E-state index contributed by atoms with van der Waals surface area (Å²) in [5, 5.41) is 3.19. The summed E-state index contributed by atoms with van der Waals surface area (Å²) in [6.45, 7) is 1.61. The molecule has 1 unspecified atom stereocenters. The van der Waals surface area contributed by atoms with Crippen LogP contribution in [0.15, 0.2) is 18.3 Å². The van der Waals surface area contributed by atoms with Gasteiger partial charge in [0.15, 0.2) is 9.84 Å². The van der Waals surface area contributed by atoms with Crippen molar-refractivity contribution in [1.82, 2.24) is 9.88 Å². The molecular formula is C16H23N3O3S.